The monoisotopic (exact) mass is 555 g/mol. The van der Waals surface area contributed by atoms with Crippen molar-refractivity contribution in [1.82, 2.24) is 15.1 Å². The first-order valence-corrected chi connectivity index (χ1v) is 13.3. The summed E-state index contributed by atoms with van der Waals surface area (Å²) in [5.41, 5.74) is 1.02. The Morgan fingerprint density at radius 2 is 1.88 bits per heavy atom. The fraction of sp³-hybridized carbons (Fsp3) is 0.464. The molecule has 216 valence electrons. The molecule has 2 aromatic rings. The Hall–Kier alpha value is -4.19. The Morgan fingerprint density at radius 3 is 2.60 bits per heavy atom. The minimum atomic E-state index is -0.552. The fourth-order valence-electron chi connectivity index (χ4n) is 4.53. The molecule has 0 aliphatic carbocycles. The number of aliphatic hydroxyl groups is 1. The minimum Gasteiger partial charge on any atom is -0.485 e. The van der Waals surface area contributed by atoms with Crippen molar-refractivity contribution in [3.8, 4) is 17.2 Å². The molecule has 3 atom stereocenters. The first-order valence-electron chi connectivity index (χ1n) is 13.3. The van der Waals surface area contributed by atoms with Crippen molar-refractivity contribution in [2.24, 2.45) is 5.92 Å². The first-order chi connectivity index (χ1) is 19.1. The maximum absolute atomic E-state index is 13.6. The molecule has 0 saturated heterocycles. The van der Waals surface area contributed by atoms with Crippen LogP contribution in [0.3, 0.4) is 0 Å². The number of urea groups is 2. The number of hydrogen-bond donors (Lipinski definition) is 4. The predicted molar refractivity (Wildman–Crippen MR) is 149 cm³/mol. The van der Waals surface area contributed by atoms with Crippen LogP contribution in [0.15, 0.2) is 36.4 Å². The van der Waals surface area contributed by atoms with Crippen molar-refractivity contribution in [3.63, 3.8) is 0 Å². The number of amides is 5. The van der Waals surface area contributed by atoms with E-state index in [0.29, 0.717) is 23.7 Å². The van der Waals surface area contributed by atoms with E-state index in [1.807, 2.05) is 20.8 Å². The van der Waals surface area contributed by atoms with E-state index in [1.165, 1.54) is 4.90 Å². The molecule has 0 unspecified atom stereocenters. The Balaban J connectivity index is 1.62. The van der Waals surface area contributed by atoms with Crippen molar-refractivity contribution >= 4 is 29.3 Å². The van der Waals surface area contributed by atoms with Crippen LogP contribution < -0.4 is 30.2 Å². The lowest BCUT2D eigenvalue weighted by molar-refractivity contribution is 0.0368. The van der Waals surface area contributed by atoms with Gasteiger partial charge < -0.3 is 45.1 Å². The number of aliphatic hydroxyl groups excluding tert-OH is 1. The zero-order valence-corrected chi connectivity index (χ0v) is 23.4. The van der Waals surface area contributed by atoms with Gasteiger partial charge in [-0.25, -0.2) is 9.59 Å². The number of ether oxygens (including phenoxy) is 3. The van der Waals surface area contributed by atoms with Crippen LogP contribution in [0.5, 0.6) is 17.2 Å². The van der Waals surface area contributed by atoms with Gasteiger partial charge in [-0.1, -0.05) is 13.0 Å². The molecule has 0 radical (unpaired) electrons. The minimum absolute atomic E-state index is 0.0380. The zero-order valence-electron chi connectivity index (χ0n) is 23.4. The van der Waals surface area contributed by atoms with Crippen molar-refractivity contribution in [1.29, 1.82) is 0 Å². The molecule has 12 heteroatoms. The van der Waals surface area contributed by atoms with Crippen LogP contribution >= 0.6 is 0 Å². The number of carbonyl (C=O) groups excluding carboxylic acids is 3. The number of fused-ring (bicyclic) bond motifs is 2. The highest BCUT2D eigenvalue weighted by Crippen LogP contribution is 2.36. The topological polar surface area (TPSA) is 142 Å². The first kappa shape index (κ1) is 28.8. The Kier molecular flexibility index (Phi) is 8.88. The van der Waals surface area contributed by atoms with Gasteiger partial charge >= 0.3 is 12.1 Å². The fourth-order valence-corrected chi connectivity index (χ4v) is 4.53. The third-order valence-electron chi connectivity index (χ3n) is 6.78. The maximum Gasteiger partial charge on any atom is 0.323 e. The van der Waals surface area contributed by atoms with E-state index in [9.17, 15) is 19.5 Å². The molecule has 0 spiro atoms. The molecule has 0 saturated carbocycles. The van der Waals surface area contributed by atoms with E-state index in [0.717, 1.165) is 0 Å². The molecule has 12 nitrogen and oxygen atoms in total. The summed E-state index contributed by atoms with van der Waals surface area (Å²) in [7, 11) is 1.68. The SMILES string of the molecule is CC(C)NC(=O)N(C)C[C@@H]1Oc2c(NC(=O)Nc3ccc4c(c3)OCO4)cccc2C(=O)N([C@@H](C)CO)C[C@H]1C. The summed E-state index contributed by atoms with van der Waals surface area (Å²) in [6.07, 6.45) is -0.525. The summed E-state index contributed by atoms with van der Waals surface area (Å²) < 4.78 is 17.1. The van der Waals surface area contributed by atoms with Crippen LogP contribution in [0, 0.1) is 5.92 Å². The molecular weight excluding hydrogens is 518 g/mol. The zero-order chi connectivity index (χ0) is 29.0. The normalized spacial score (nSPS) is 18.7. The van der Waals surface area contributed by atoms with E-state index < -0.39 is 18.2 Å². The maximum atomic E-state index is 13.6. The van der Waals surface area contributed by atoms with E-state index in [-0.39, 0.29) is 60.8 Å². The molecule has 4 rings (SSSR count). The number of anilines is 2. The van der Waals surface area contributed by atoms with Crippen LogP contribution in [0.4, 0.5) is 21.0 Å². The molecule has 4 N–H and O–H groups in total. The highest BCUT2D eigenvalue weighted by molar-refractivity contribution is 6.04. The summed E-state index contributed by atoms with van der Waals surface area (Å²) in [4.78, 5) is 42.4. The number of nitrogens with one attached hydrogen (secondary N) is 3. The van der Waals surface area contributed by atoms with Crippen molar-refractivity contribution in [2.75, 3.05) is 44.2 Å². The second-order valence-corrected chi connectivity index (χ2v) is 10.4. The van der Waals surface area contributed by atoms with Gasteiger partial charge in [-0.15, -0.1) is 0 Å². The predicted octanol–water partition coefficient (Wildman–Crippen LogP) is 3.33. The number of rotatable bonds is 7. The van der Waals surface area contributed by atoms with Gasteiger partial charge in [0, 0.05) is 37.3 Å². The van der Waals surface area contributed by atoms with Gasteiger partial charge in [0.15, 0.2) is 17.2 Å². The molecular formula is C28H37N5O7. The average Bonchev–Trinajstić information content (AvgIpc) is 3.38. The molecule has 2 aliphatic rings. The van der Waals surface area contributed by atoms with E-state index in [2.05, 4.69) is 16.0 Å². The van der Waals surface area contributed by atoms with E-state index in [4.69, 9.17) is 14.2 Å². The number of nitrogens with zero attached hydrogens (tertiary/aromatic N) is 2. The third kappa shape index (κ3) is 6.50. The van der Waals surface area contributed by atoms with Crippen LogP contribution in [0.1, 0.15) is 38.1 Å². The molecule has 2 aromatic carbocycles. The van der Waals surface area contributed by atoms with Crippen LogP contribution in [0.25, 0.3) is 0 Å². The second-order valence-electron chi connectivity index (χ2n) is 10.4. The Labute approximate surface area is 233 Å². The van der Waals surface area contributed by atoms with Crippen molar-refractivity contribution in [2.45, 2.75) is 45.9 Å². The summed E-state index contributed by atoms with van der Waals surface area (Å²) >= 11 is 0. The second kappa shape index (κ2) is 12.3. The summed E-state index contributed by atoms with van der Waals surface area (Å²) in [6.45, 7) is 7.89. The third-order valence-corrected chi connectivity index (χ3v) is 6.78. The summed E-state index contributed by atoms with van der Waals surface area (Å²) in [5, 5.41) is 18.3. The molecule has 2 heterocycles. The van der Waals surface area contributed by atoms with Gasteiger partial charge in [0.25, 0.3) is 5.91 Å². The molecule has 2 aliphatic heterocycles. The number of likely N-dealkylation sites (N-methyl/N-ethyl adjacent to an activating group) is 1. The van der Waals surface area contributed by atoms with Crippen molar-refractivity contribution < 1.29 is 33.7 Å². The molecule has 0 bridgehead atoms. The number of benzene rings is 2. The van der Waals surface area contributed by atoms with E-state index in [1.54, 1.807) is 55.3 Å². The molecule has 0 aromatic heterocycles. The van der Waals surface area contributed by atoms with Gasteiger partial charge in [-0.05, 0) is 45.0 Å². The van der Waals surface area contributed by atoms with Gasteiger partial charge in [-0.2, -0.15) is 0 Å². The van der Waals surface area contributed by atoms with E-state index >= 15 is 0 Å². The highest BCUT2D eigenvalue weighted by Gasteiger charge is 2.35. The van der Waals surface area contributed by atoms with Crippen LogP contribution in [-0.2, 0) is 0 Å². The molecule has 5 amide bonds. The lowest BCUT2D eigenvalue weighted by Crippen LogP contribution is -2.51. The van der Waals surface area contributed by atoms with Crippen LogP contribution in [-0.4, -0.2) is 84.6 Å². The number of carbonyl (C=O) groups is 3. The molecule has 0 fully saturated rings. The average molecular weight is 556 g/mol. The lowest BCUT2D eigenvalue weighted by atomic mass is 9.99. The van der Waals surface area contributed by atoms with Gasteiger partial charge in [0.05, 0.1) is 30.4 Å². The van der Waals surface area contributed by atoms with Gasteiger partial charge in [-0.3, -0.25) is 4.79 Å². The summed E-state index contributed by atoms with van der Waals surface area (Å²) in [6, 6.07) is 8.67. The van der Waals surface area contributed by atoms with Crippen molar-refractivity contribution in [3.05, 3.63) is 42.0 Å². The van der Waals surface area contributed by atoms with Gasteiger partial charge in [0.1, 0.15) is 6.10 Å². The Bertz CT molecular complexity index is 1250. The Morgan fingerprint density at radius 1 is 1.12 bits per heavy atom. The smallest absolute Gasteiger partial charge is 0.323 e. The summed E-state index contributed by atoms with van der Waals surface area (Å²) in [5.74, 6) is 0.773. The lowest BCUT2D eigenvalue weighted by Gasteiger charge is -2.38. The quantitative estimate of drug-likeness (QED) is 0.411. The molecule has 40 heavy (non-hydrogen) atoms. The number of para-hydroxylation sites is 1. The number of hydrogen-bond acceptors (Lipinski definition) is 7. The standard InChI is InChI=1S/C28H37N5O7/c1-16(2)29-28(37)32(5)13-24-17(3)12-33(18(4)14-34)26(35)20-7-6-8-21(25(20)40-24)31-27(36)30-19-9-10-22-23(11-19)39-15-38-22/h6-11,16-18,24,34H,12-15H2,1-5H3,(H,29,37)(H2,30,31,36)/t17-,18+,24+/m1/s1. The highest BCUT2D eigenvalue weighted by atomic mass is 16.7. The largest absolute Gasteiger partial charge is 0.485 e. The van der Waals surface area contributed by atoms with Crippen LogP contribution in [0.2, 0.25) is 0 Å². The van der Waals surface area contributed by atoms with Gasteiger partial charge in [0.2, 0.25) is 6.79 Å².